The summed E-state index contributed by atoms with van der Waals surface area (Å²) in [6.45, 7) is 1.23. The van der Waals surface area contributed by atoms with Gasteiger partial charge in [0.05, 0.1) is 17.8 Å². The Morgan fingerprint density at radius 1 is 1.45 bits per heavy atom. The van der Waals surface area contributed by atoms with E-state index in [0.29, 0.717) is 13.1 Å². The number of hydrogen-bond acceptors (Lipinski definition) is 4. The zero-order valence-corrected chi connectivity index (χ0v) is 12.3. The molecule has 0 saturated heterocycles. The highest BCUT2D eigenvalue weighted by molar-refractivity contribution is 5.79. The van der Waals surface area contributed by atoms with Crippen molar-refractivity contribution in [2.75, 3.05) is 13.1 Å². The van der Waals surface area contributed by atoms with E-state index in [-0.39, 0.29) is 12.1 Å². The molecule has 4 rings (SSSR count). The predicted octanol–water partition coefficient (Wildman–Crippen LogP) is 0.761. The zero-order valence-electron chi connectivity index (χ0n) is 12.3. The standard InChI is InChI=1S/C15H18N6O/c1-20-13-3-2-9(6-10(13)7-17-20)14-11-8-21(15(16)22)5-4-12(11)18-19-14/h2-3,6-7,14,18-19H,4-5,8H2,1H3,(H2,16,22). The van der Waals surface area contributed by atoms with Gasteiger partial charge in [0.15, 0.2) is 0 Å². The second kappa shape index (κ2) is 4.74. The maximum absolute atomic E-state index is 11.4. The van der Waals surface area contributed by atoms with Crippen LogP contribution in [0.1, 0.15) is 18.0 Å². The summed E-state index contributed by atoms with van der Waals surface area (Å²) >= 11 is 0. The largest absolute Gasteiger partial charge is 0.351 e. The minimum absolute atomic E-state index is 0.0572. The van der Waals surface area contributed by atoms with Gasteiger partial charge in [0.1, 0.15) is 0 Å². The van der Waals surface area contributed by atoms with Crippen molar-refractivity contribution in [2.24, 2.45) is 12.8 Å². The van der Waals surface area contributed by atoms with E-state index in [0.717, 1.165) is 22.9 Å². The fourth-order valence-electron chi connectivity index (χ4n) is 3.28. The summed E-state index contributed by atoms with van der Waals surface area (Å²) < 4.78 is 1.86. The Morgan fingerprint density at radius 3 is 3.14 bits per heavy atom. The Labute approximate surface area is 127 Å². The molecular weight excluding hydrogens is 280 g/mol. The van der Waals surface area contributed by atoms with Crippen molar-refractivity contribution in [3.63, 3.8) is 0 Å². The molecule has 1 aromatic carbocycles. The highest BCUT2D eigenvalue weighted by atomic mass is 16.2. The lowest BCUT2D eigenvalue weighted by Crippen LogP contribution is -2.41. The molecule has 7 heteroatoms. The highest BCUT2D eigenvalue weighted by Crippen LogP contribution is 2.33. The second-order valence-electron chi connectivity index (χ2n) is 5.80. The van der Waals surface area contributed by atoms with Gasteiger partial charge in [0, 0.05) is 37.6 Å². The third-order valence-corrected chi connectivity index (χ3v) is 4.51. The third kappa shape index (κ3) is 1.93. The van der Waals surface area contributed by atoms with Crippen LogP contribution in [0.3, 0.4) is 0 Å². The van der Waals surface area contributed by atoms with Gasteiger partial charge in [0.25, 0.3) is 0 Å². The van der Waals surface area contributed by atoms with Gasteiger partial charge in [-0.1, -0.05) is 6.07 Å². The highest BCUT2D eigenvalue weighted by Gasteiger charge is 2.32. The molecule has 1 aromatic heterocycles. The number of primary amides is 1. The molecule has 22 heavy (non-hydrogen) atoms. The van der Waals surface area contributed by atoms with Crippen LogP contribution in [-0.2, 0) is 7.05 Å². The summed E-state index contributed by atoms with van der Waals surface area (Å²) in [7, 11) is 1.93. The number of amides is 2. The van der Waals surface area contributed by atoms with E-state index in [1.807, 2.05) is 17.9 Å². The summed E-state index contributed by atoms with van der Waals surface area (Å²) in [5.74, 6) is 0. The monoisotopic (exact) mass is 298 g/mol. The van der Waals surface area contributed by atoms with Crippen molar-refractivity contribution in [3.8, 4) is 0 Å². The Bertz CT molecular complexity index is 792. The molecule has 4 N–H and O–H groups in total. The van der Waals surface area contributed by atoms with Gasteiger partial charge in [-0.25, -0.2) is 10.2 Å². The topological polar surface area (TPSA) is 88.2 Å². The minimum Gasteiger partial charge on any atom is -0.351 e. The Kier molecular flexibility index (Phi) is 2.83. The molecule has 0 aliphatic carbocycles. The van der Waals surface area contributed by atoms with Crippen molar-refractivity contribution >= 4 is 16.9 Å². The molecule has 0 spiro atoms. The number of hydrazine groups is 1. The first-order chi connectivity index (χ1) is 10.6. The second-order valence-corrected chi connectivity index (χ2v) is 5.80. The summed E-state index contributed by atoms with van der Waals surface area (Å²) in [5.41, 5.74) is 16.6. The van der Waals surface area contributed by atoms with E-state index in [9.17, 15) is 4.79 Å². The maximum atomic E-state index is 11.4. The molecule has 2 aliphatic rings. The molecule has 2 aliphatic heterocycles. The number of nitrogens with two attached hydrogens (primary N) is 1. The number of rotatable bonds is 1. The van der Waals surface area contributed by atoms with Crippen LogP contribution < -0.4 is 16.6 Å². The number of carbonyl (C=O) groups excluding carboxylic acids is 1. The average Bonchev–Trinajstić information content (AvgIpc) is 3.10. The molecule has 2 aromatic rings. The fraction of sp³-hybridized carbons (Fsp3) is 0.333. The third-order valence-electron chi connectivity index (χ3n) is 4.51. The number of aromatic nitrogens is 2. The Balaban J connectivity index is 1.69. The smallest absolute Gasteiger partial charge is 0.315 e. The van der Waals surface area contributed by atoms with E-state index in [4.69, 9.17) is 5.73 Å². The zero-order chi connectivity index (χ0) is 15.3. The van der Waals surface area contributed by atoms with Crippen molar-refractivity contribution < 1.29 is 4.79 Å². The molecule has 0 saturated carbocycles. The van der Waals surface area contributed by atoms with Crippen molar-refractivity contribution in [3.05, 3.63) is 41.2 Å². The van der Waals surface area contributed by atoms with Crippen LogP contribution in [0.5, 0.6) is 0 Å². The first kappa shape index (κ1) is 13.1. The molecule has 1 unspecified atom stereocenters. The van der Waals surface area contributed by atoms with E-state index in [1.54, 1.807) is 4.90 Å². The molecule has 2 amide bonds. The Morgan fingerprint density at radius 2 is 2.32 bits per heavy atom. The maximum Gasteiger partial charge on any atom is 0.315 e. The molecule has 0 radical (unpaired) electrons. The average molecular weight is 298 g/mol. The van der Waals surface area contributed by atoms with Crippen molar-refractivity contribution in [1.29, 1.82) is 0 Å². The number of nitrogens with zero attached hydrogens (tertiary/aromatic N) is 3. The lowest BCUT2D eigenvalue weighted by atomic mass is 9.95. The summed E-state index contributed by atoms with van der Waals surface area (Å²) in [6.07, 6.45) is 2.67. The molecule has 1 atom stereocenters. The number of aryl methyl sites for hydroxylation is 1. The summed E-state index contributed by atoms with van der Waals surface area (Å²) in [6, 6.07) is 6.01. The number of benzene rings is 1. The molecular formula is C15H18N6O. The number of hydrogen-bond donors (Lipinski definition) is 3. The van der Waals surface area contributed by atoms with Crippen LogP contribution >= 0.6 is 0 Å². The molecule has 0 fully saturated rings. The normalized spacial score (nSPS) is 21.1. The summed E-state index contributed by atoms with van der Waals surface area (Å²) in [4.78, 5) is 13.1. The first-order valence-electron chi connectivity index (χ1n) is 7.33. The minimum atomic E-state index is -0.361. The number of carbonyl (C=O) groups is 1. The van der Waals surface area contributed by atoms with Crippen LogP contribution in [0.4, 0.5) is 4.79 Å². The SMILES string of the molecule is Cn1ncc2cc(C3NNC4=C3CN(C(N)=O)CC4)ccc21. The van der Waals surface area contributed by atoms with E-state index < -0.39 is 0 Å². The van der Waals surface area contributed by atoms with Gasteiger partial charge in [-0.3, -0.25) is 4.68 Å². The number of urea groups is 1. The van der Waals surface area contributed by atoms with Crippen molar-refractivity contribution in [2.45, 2.75) is 12.5 Å². The fourth-order valence-corrected chi connectivity index (χ4v) is 3.28. The van der Waals surface area contributed by atoms with Crippen LogP contribution in [-0.4, -0.2) is 33.8 Å². The Hall–Kier alpha value is -2.54. The van der Waals surface area contributed by atoms with E-state index in [1.165, 1.54) is 11.3 Å². The quantitative estimate of drug-likeness (QED) is 0.725. The number of fused-ring (bicyclic) bond motifs is 1. The van der Waals surface area contributed by atoms with Gasteiger partial charge < -0.3 is 16.1 Å². The van der Waals surface area contributed by atoms with Gasteiger partial charge in [0.2, 0.25) is 0 Å². The molecule has 3 heterocycles. The van der Waals surface area contributed by atoms with Gasteiger partial charge in [-0.2, -0.15) is 5.10 Å². The van der Waals surface area contributed by atoms with Gasteiger partial charge in [-0.05, 0) is 23.3 Å². The lowest BCUT2D eigenvalue weighted by Gasteiger charge is -2.27. The molecule has 114 valence electrons. The summed E-state index contributed by atoms with van der Waals surface area (Å²) in [5, 5.41) is 5.39. The lowest BCUT2D eigenvalue weighted by molar-refractivity contribution is 0.209. The van der Waals surface area contributed by atoms with Crippen LogP contribution in [0.15, 0.2) is 35.7 Å². The van der Waals surface area contributed by atoms with Crippen molar-refractivity contribution in [1.82, 2.24) is 25.5 Å². The van der Waals surface area contributed by atoms with E-state index >= 15 is 0 Å². The first-order valence-corrected chi connectivity index (χ1v) is 7.33. The van der Waals surface area contributed by atoms with Gasteiger partial charge in [-0.15, -0.1) is 0 Å². The molecule has 7 nitrogen and oxygen atoms in total. The van der Waals surface area contributed by atoms with Crippen LogP contribution in [0.25, 0.3) is 10.9 Å². The predicted molar refractivity (Wildman–Crippen MR) is 82.5 cm³/mol. The number of nitrogens with one attached hydrogen (secondary N) is 2. The molecule has 0 bridgehead atoms. The van der Waals surface area contributed by atoms with E-state index in [2.05, 4.69) is 34.1 Å². The van der Waals surface area contributed by atoms with Crippen LogP contribution in [0.2, 0.25) is 0 Å². The van der Waals surface area contributed by atoms with Gasteiger partial charge >= 0.3 is 6.03 Å². The van der Waals surface area contributed by atoms with Crippen LogP contribution in [0, 0.1) is 0 Å².